The molecule has 0 radical (unpaired) electrons. The van der Waals surface area contributed by atoms with E-state index in [9.17, 15) is 9.59 Å². The second kappa shape index (κ2) is 7.39. The van der Waals surface area contributed by atoms with Gasteiger partial charge in [0, 0.05) is 10.9 Å². The third-order valence-corrected chi connectivity index (χ3v) is 5.71. The summed E-state index contributed by atoms with van der Waals surface area (Å²) in [7, 11) is 0. The summed E-state index contributed by atoms with van der Waals surface area (Å²) in [5.74, 6) is 0.0318. The Morgan fingerprint density at radius 2 is 2.28 bits per heavy atom. The largest absolute Gasteiger partial charge is 0.448 e. The van der Waals surface area contributed by atoms with Gasteiger partial charge in [0.1, 0.15) is 4.88 Å². The molecule has 1 aliphatic rings. The molecule has 7 heteroatoms. The Kier molecular flexibility index (Phi) is 5.22. The number of fused-ring (bicyclic) bond motifs is 1. The second-order valence-electron chi connectivity index (χ2n) is 6.45. The van der Waals surface area contributed by atoms with E-state index >= 15 is 0 Å². The summed E-state index contributed by atoms with van der Waals surface area (Å²) in [5, 5.41) is 6.23. The number of carbonyl (C=O) groups excluding carboxylic acids is 2. The first-order chi connectivity index (χ1) is 12.0. The van der Waals surface area contributed by atoms with Crippen LogP contribution in [-0.4, -0.2) is 23.1 Å². The Labute approximate surface area is 150 Å². The van der Waals surface area contributed by atoms with Crippen molar-refractivity contribution in [2.45, 2.75) is 52.6 Å². The Hall–Kier alpha value is -2.15. The molecule has 0 unspecified atom stereocenters. The number of ether oxygens (including phenoxy) is 1. The molecule has 25 heavy (non-hydrogen) atoms. The number of thiophene rings is 1. The standard InChI is InChI=1S/C18H22N2O4S/c1-4-12-5-6-14-13(8-12)9-15(25-14)18(22)23-11(3)17(21)19-16-7-10(2)20-24-16/h7,9,11-12H,4-6,8H2,1-3H3,(H,19,21)/t11-,12-/m1/s1. The number of hydrogen-bond donors (Lipinski definition) is 1. The minimum absolute atomic E-state index is 0.239. The molecule has 2 atom stereocenters. The van der Waals surface area contributed by atoms with Crippen LogP contribution in [0.5, 0.6) is 0 Å². The number of nitrogens with zero attached hydrogens (tertiary/aromatic N) is 1. The summed E-state index contributed by atoms with van der Waals surface area (Å²) in [6.07, 6.45) is 3.46. The number of anilines is 1. The van der Waals surface area contributed by atoms with Gasteiger partial charge in [-0.05, 0) is 50.7 Å². The van der Waals surface area contributed by atoms with Gasteiger partial charge in [-0.2, -0.15) is 0 Å². The number of aromatic nitrogens is 1. The number of carbonyl (C=O) groups is 2. The lowest BCUT2D eigenvalue weighted by molar-refractivity contribution is -0.123. The van der Waals surface area contributed by atoms with Crippen molar-refractivity contribution in [3.63, 3.8) is 0 Å². The first-order valence-corrected chi connectivity index (χ1v) is 9.34. The van der Waals surface area contributed by atoms with Crippen LogP contribution in [0, 0.1) is 12.8 Å². The zero-order valence-corrected chi connectivity index (χ0v) is 15.4. The summed E-state index contributed by atoms with van der Waals surface area (Å²) in [6.45, 7) is 5.49. The van der Waals surface area contributed by atoms with Gasteiger partial charge in [0.15, 0.2) is 6.10 Å². The molecule has 0 spiro atoms. The average molecular weight is 362 g/mol. The van der Waals surface area contributed by atoms with Crippen LogP contribution in [0.15, 0.2) is 16.7 Å². The van der Waals surface area contributed by atoms with Gasteiger partial charge < -0.3 is 9.26 Å². The van der Waals surface area contributed by atoms with Crippen molar-refractivity contribution in [3.8, 4) is 0 Å². The molecule has 3 rings (SSSR count). The number of hydrogen-bond acceptors (Lipinski definition) is 6. The highest BCUT2D eigenvalue weighted by Crippen LogP contribution is 2.33. The SMILES string of the molecule is CC[C@@H]1CCc2sc(C(=O)O[C@H](C)C(=O)Nc3cc(C)no3)cc2C1. The highest BCUT2D eigenvalue weighted by molar-refractivity contribution is 7.14. The molecular formula is C18H22N2O4S. The first kappa shape index (κ1) is 17.7. The minimum Gasteiger partial charge on any atom is -0.448 e. The molecule has 134 valence electrons. The van der Waals surface area contributed by atoms with Crippen LogP contribution in [0.2, 0.25) is 0 Å². The van der Waals surface area contributed by atoms with Gasteiger partial charge >= 0.3 is 5.97 Å². The van der Waals surface area contributed by atoms with Gasteiger partial charge in [0.25, 0.3) is 5.91 Å². The monoisotopic (exact) mass is 362 g/mol. The van der Waals surface area contributed by atoms with Crippen molar-refractivity contribution in [1.29, 1.82) is 0 Å². The third kappa shape index (κ3) is 4.10. The van der Waals surface area contributed by atoms with E-state index in [1.807, 2.05) is 6.07 Å². The lowest BCUT2D eigenvalue weighted by Gasteiger charge is -2.19. The van der Waals surface area contributed by atoms with Crippen molar-refractivity contribution < 1.29 is 18.8 Å². The van der Waals surface area contributed by atoms with Crippen molar-refractivity contribution in [1.82, 2.24) is 5.16 Å². The molecule has 0 saturated heterocycles. The number of amides is 1. The molecule has 2 aromatic heterocycles. The Morgan fingerprint density at radius 1 is 1.48 bits per heavy atom. The highest BCUT2D eigenvalue weighted by Gasteiger charge is 2.25. The molecular weight excluding hydrogens is 340 g/mol. The second-order valence-corrected chi connectivity index (χ2v) is 7.58. The molecule has 0 fully saturated rings. The van der Waals surface area contributed by atoms with Crippen LogP contribution in [-0.2, 0) is 22.4 Å². The lowest BCUT2D eigenvalue weighted by atomic mass is 9.87. The summed E-state index contributed by atoms with van der Waals surface area (Å²) in [6, 6.07) is 3.53. The number of nitrogens with one attached hydrogen (secondary N) is 1. The van der Waals surface area contributed by atoms with Gasteiger partial charge in [0.2, 0.25) is 5.88 Å². The molecule has 0 saturated carbocycles. The topological polar surface area (TPSA) is 81.4 Å². The quantitative estimate of drug-likeness (QED) is 0.819. The predicted molar refractivity (Wildman–Crippen MR) is 94.9 cm³/mol. The molecule has 1 aliphatic carbocycles. The van der Waals surface area contributed by atoms with E-state index in [0.717, 1.165) is 19.3 Å². The zero-order valence-electron chi connectivity index (χ0n) is 14.6. The first-order valence-electron chi connectivity index (χ1n) is 8.53. The predicted octanol–water partition coefficient (Wildman–Crippen LogP) is 3.74. The summed E-state index contributed by atoms with van der Waals surface area (Å²) >= 11 is 1.48. The van der Waals surface area contributed by atoms with E-state index in [-0.39, 0.29) is 5.88 Å². The maximum Gasteiger partial charge on any atom is 0.349 e. The van der Waals surface area contributed by atoms with Crippen molar-refractivity contribution in [3.05, 3.63) is 33.1 Å². The van der Waals surface area contributed by atoms with Crippen LogP contribution >= 0.6 is 11.3 Å². The van der Waals surface area contributed by atoms with Gasteiger partial charge in [-0.25, -0.2) is 4.79 Å². The lowest BCUT2D eigenvalue weighted by Crippen LogP contribution is -2.29. The maximum absolute atomic E-state index is 12.4. The summed E-state index contributed by atoms with van der Waals surface area (Å²) in [4.78, 5) is 26.3. The average Bonchev–Trinajstić information content (AvgIpc) is 3.19. The number of aryl methyl sites for hydroxylation is 2. The fraction of sp³-hybridized carbons (Fsp3) is 0.500. The highest BCUT2D eigenvalue weighted by atomic mass is 32.1. The van der Waals surface area contributed by atoms with Gasteiger partial charge in [0.05, 0.1) is 5.69 Å². The Morgan fingerprint density at radius 3 is 2.96 bits per heavy atom. The minimum atomic E-state index is -0.916. The van der Waals surface area contributed by atoms with Crippen LogP contribution in [0.4, 0.5) is 5.88 Å². The van der Waals surface area contributed by atoms with Crippen LogP contribution < -0.4 is 5.32 Å². The van der Waals surface area contributed by atoms with E-state index in [1.54, 1.807) is 13.0 Å². The molecule has 2 heterocycles. The van der Waals surface area contributed by atoms with Crippen LogP contribution in [0.1, 0.15) is 52.5 Å². The maximum atomic E-state index is 12.4. The summed E-state index contributed by atoms with van der Waals surface area (Å²) in [5.41, 5.74) is 1.92. The Balaban J connectivity index is 1.60. The Bertz CT molecular complexity index is 780. The number of rotatable bonds is 5. The van der Waals surface area contributed by atoms with Gasteiger partial charge in [-0.1, -0.05) is 18.5 Å². The van der Waals surface area contributed by atoms with Crippen molar-refractivity contribution >= 4 is 29.1 Å². The fourth-order valence-corrected chi connectivity index (χ4v) is 4.06. The van der Waals surface area contributed by atoms with E-state index in [2.05, 4.69) is 17.4 Å². The molecule has 0 aliphatic heterocycles. The van der Waals surface area contributed by atoms with E-state index < -0.39 is 18.0 Å². The number of esters is 1. The van der Waals surface area contributed by atoms with E-state index in [4.69, 9.17) is 9.26 Å². The molecule has 1 amide bonds. The molecule has 6 nitrogen and oxygen atoms in total. The van der Waals surface area contributed by atoms with Crippen molar-refractivity contribution in [2.75, 3.05) is 5.32 Å². The van der Waals surface area contributed by atoms with Gasteiger partial charge in [-0.15, -0.1) is 11.3 Å². The van der Waals surface area contributed by atoms with Crippen LogP contribution in [0.25, 0.3) is 0 Å². The molecule has 0 aromatic carbocycles. The van der Waals surface area contributed by atoms with Crippen molar-refractivity contribution in [2.24, 2.45) is 5.92 Å². The molecule has 0 bridgehead atoms. The zero-order chi connectivity index (χ0) is 18.0. The van der Waals surface area contributed by atoms with E-state index in [0.29, 0.717) is 16.5 Å². The fourth-order valence-electron chi connectivity index (χ4n) is 2.97. The third-order valence-electron chi connectivity index (χ3n) is 4.49. The molecule has 2 aromatic rings. The van der Waals surface area contributed by atoms with Gasteiger partial charge in [-0.3, -0.25) is 10.1 Å². The smallest absolute Gasteiger partial charge is 0.349 e. The van der Waals surface area contributed by atoms with Crippen LogP contribution in [0.3, 0.4) is 0 Å². The summed E-state index contributed by atoms with van der Waals surface area (Å²) < 4.78 is 10.2. The van der Waals surface area contributed by atoms with E-state index in [1.165, 1.54) is 35.1 Å². The normalized spacial score (nSPS) is 17.6. The molecule has 1 N–H and O–H groups in total.